The van der Waals surface area contributed by atoms with Crippen molar-refractivity contribution in [3.05, 3.63) is 40.6 Å². The largest absolute Gasteiger partial charge is 0.366 e. The SMILES string of the molecule is Cc1ccc(C2=C(N(C)C3CCN(C)CC3)C(=O)N(C3CCCCCC3)C2=O)cc1C. The summed E-state index contributed by atoms with van der Waals surface area (Å²) < 4.78 is 0. The Morgan fingerprint density at radius 1 is 0.871 bits per heavy atom. The highest BCUT2D eigenvalue weighted by Gasteiger charge is 2.45. The lowest BCUT2D eigenvalue weighted by Gasteiger charge is -2.37. The van der Waals surface area contributed by atoms with Crippen LogP contribution in [0.1, 0.15) is 68.1 Å². The van der Waals surface area contributed by atoms with Crippen molar-refractivity contribution in [1.29, 1.82) is 0 Å². The lowest BCUT2D eigenvalue weighted by Crippen LogP contribution is -2.45. The van der Waals surface area contributed by atoms with Crippen LogP contribution < -0.4 is 0 Å². The van der Waals surface area contributed by atoms with E-state index in [0.29, 0.717) is 17.3 Å². The molecule has 5 nitrogen and oxygen atoms in total. The molecule has 4 rings (SSSR count). The number of aryl methyl sites for hydroxylation is 2. The summed E-state index contributed by atoms with van der Waals surface area (Å²) in [4.78, 5) is 33.7. The van der Waals surface area contributed by atoms with Crippen molar-refractivity contribution >= 4 is 17.4 Å². The summed E-state index contributed by atoms with van der Waals surface area (Å²) >= 11 is 0. The highest BCUT2D eigenvalue weighted by Crippen LogP contribution is 2.37. The minimum absolute atomic E-state index is 0.0347. The third-order valence-corrected chi connectivity index (χ3v) is 7.66. The molecule has 3 aliphatic rings. The predicted octanol–water partition coefficient (Wildman–Crippen LogP) is 4.13. The van der Waals surface area contributed by atoms with Gasteiger partial charge in [0.15, 0.2) is 0 Å². The van der Waals surface area contributed by atoms with Gasteiger partial charge in [-0.3, -0.25) is 14.5 Å². The number of benzene rings is 1. The van der Waals surface area contributed by atoms with E-state index in [1.807, 2.05) is 13.1 Å². The normalized spacial score (nSPS) is 22.4. The van der Waals surface area contributed by atoms with Gasteiger partial charge in [-0.15, -0.1) is 0 Å². The minimum Gasteiger partial charge on any atom is -0.366 e. The fourth-order valence-corrected chi connectivity index (χ4v) is 5.43. The Morgan fingerprint density at radius 2 is 1.52 bits per heavy atom. The number of hydrogen-bond acceptors (Lipinski definition) is 4. The zero-order valence-electron chi connectivity index (χ0n) is 19.6. The molecular weight excluding hydrogens is 386 g/mol. The van der Waals surface area contributed by atoms with Gasteiger partial charge in [-0.25, -0.2) is 0 Å². The zero-order valence-corrected chi connectivity index (χ0v) is 19.6. The number of hydrogen-bond donors (Lipinski definition) is 0. The molecular formula is C26H37N3O2. The number of nitrogens with zero attached hydrogens (tertiary/aromatic N) is 3. The molecule has 1 saturated carbocycles. The first-order valence-corrected chi connectivity index (χ1v) is 12.0. The summed E-state index contributed by atoms with van der Waals surface area (Å²) in [6.07, 6.45) is 8.50. The first kappa shape index (κ1) is 22.1. The van der Waals surface area contributed by atoms with Crippen LogP contribution in [0, 0.1) is 13.8 Å². The van der Waals surface area contributed by atoms with Crippen LogP contribution in [-0.2, 0) is 9.59 Å². The molecule has 2 amide bonds. The van der Waals surface area contributed by atoms with Crippen LogP contribution in [0.15, 0.2) is 23.9 Å². The standard InChI is InChI=1S/C26H37N3O2/c1-18-11-12-20(17-19(18)2)23-24(28(4)21-13-15-27(3)16-14-21)26(31)29(25(23)30)22-9-7-5-6-8-10-22/h11-12,17,21-22H,5-10,13-16H2,1-4H3. The zero-order chi connectivity index (χ0) is 22.1. The van der Waals surface area contributed by atoms with Gasteiger partial charge in [0.1, 0.15) is 5.70 Å². The van der Waals surface area contributed by atoms with E-state index in [9.17, 15) is 9.59 Å². The van der Waals surface area contributed by atoms with Crippen LogP contribution in [0.25, 0.3) is 5.57 Å². The van der Waals surface area contributed by atoms with Crippen LogP contribution >= 0.6 is 0 Å². The van der Waals surface area contributed by atoms with Gasteiger partial charge in [-0.05, 0) is 76.4 Å². The average molecular weight is 424 g/mol. The fourth-order valence-electron chi connectivity index (χ4n) is 5.43. The van der Waals surface area contributed by atoms with E-state index >= 15 is 0 Å². The van der Waals surface area contributed by atoms with Gasteiger partial charge >= 0.3 is 0 Å². The Hall–Kier alpha value is -2.14. The number of amides is 2. The van der Waals surface area contributed by atoms with Gasteiger partial charge in [0, 0.05) is 19.1 Å². The lowest BCUT2D eigenvalue weighted by molar-refractivity contribution is -0.140. The number of likely N-dealkylation sites (tertiary alicyclic amines) is 1. The van der Waals surface area contributed by atoms with Crippen LogP contribution in [-0.4, -0.2) is 65.8 Å². The monoisotopic (exact) mass is 423 g/mol. The summed E-state index contributed by atoms with van der Waals surface area (Å²) in [6.45, 7) is 6.20. The molecule has 1 aromatic rings. The Kier molecular flexibility index (Phi) is 6.52. The highest BCUT2D eigenvalue weighted by atomic mass is 16.2. The van der Waals surface area contributed by atoms with Crippen molar-refractivity contribution < 1.29 is 9.59 Å². The number of piperidine rings is 1. The van der Waals surface area contributed by atoms with Gasteiger partial charge < -0.3 is 9.80 Å². The molecule has 0 N–H and O–H groups in total. The molecule has 0 spiro atoms. The quantitative estimate of drug-likeness (QED) is 0.539. The second-order valence-corrected chi connectivity index (χ2v) is 9.79. The van der Waals surface area contributed by atoms with Crippen LogP contribution in [0.2, 0.25) is 0 Å². The van der Waals surface area contributed by atoms with Crippen LogP contribution in [0.5, 0.6) is 0 Å². The molecule has 0 unspecified atom stereocenters. The first-order chi connectivity index (χ1) is 14.9. The Morgan fingerprint density at radius 3 is 2.13 bits per heavy atom. The molecule has 0 aromatic heterocycles. The third-order valence-electron chi connectivity index (χ3n) is 7.66. The van der Waals surface area contributed by atoms with Gasteiger partial charge in [0.25, 0.3) is 11.8 Å². The molecule has 0 radical (unpaired) electrons. The van der Waals surface area contributed by atoms with E-state index in [2.05, 4.69) is 42.8 Å². The van der Waals surface area contributed by atoms with Crippen molar-refractivity contribution in [1.82, 2.24) is 14.7 Å². The number of imide groups is 1. The van der Waals surface area contributed by atoms with Gasteiger partial charge in [-0.1, -0.05) is 43.9 Å². The van der Waals surface area contributed by atoms with Crippen LogP contribution in [0.3, 0.4) is 0 Å². The summed E-state index contributed by atoms with van der Waals surface area (Å²) in [5.41, 5.74) is 4.46. The molecule has 1 aromatic carbocycles. The summed E-state index contributed by atoms with van der Waals surface area (Å²) in [7, 11) is 4.17. The topological polar surface area (TPSA) is 43.9 Å². The van der Waals surface area contributed by atoms with Gasteiger partial charge in [0.2, 0.25) is 0 Å². The molecule has 0 bridgehead atoms. The predicted molar refractivity (Wildman–Crippen MR) is 124 cm³/mol. The number of carbonyl (C=O) groups excluding carboxylic acids is 2. The van der Waals surface area contributed by atoms with Crippen molar-refractivity contribution in [2.24, 2.45) is 0 Å². The van der Waals surface area contributed by atoms with Gasteiger partial charge in [0.05, 0.1) is 5.57 Å². The average Bonchev–Trinajstić information content (AvgIpc) is 2.91. The number of likely N-dealkylation sites (N-methyl/N-ethyl adjacent to an activating group) is 1. The molecule has 31 heavy (non-hydrogen) atoms. The highest BCUT2D eigenvalue weighted by molar-refractivity contribution is 6.35. The molecule has 168 valence electrons. The Labute approximate surface area is 187 Å². The maximum atomic E-state index is 13.8. The van der Waals surface area contributed by atoms with E-state index in [-0.39, 0.29) is 17.9 Å². The van der Waals surface area contributed by atoms with Crippen LogP contribution in [0.4, 0.5) is 0 Å². The van der Waals surface area contributed by atoms with E-state index in [1.165, 1.54) is 18.4 Å². The molecule has 2 heterocycles. The fraction of sp³-hybridized carbons (Fsp3) is 0.615. The maximum Gasteiger partial charge on any atom is 0.278 e. The molecule has 1 saturated heterocycles. The summed E-state index contributed by atoms with van der Waals surface area (Å²) in [6, 6.07) is 6.49. The van der Waals surface area contributed by atoms with Crippen molar-refractivity contribution in [3.63, 3.8) is 0 Å². The van der Waals surface area contributed by atoms with E-state index in [4.69, 9.17) is 0 Å². The Bertz CT molecular complexity index is 875. The summed E-state index contributed by atoms with van der Waals surface area (Å²) in [5, 5.41) is 0. The van der Waals surface area contributed by atoms with Crippen molar-refractivity contribution in [2.75, 3.05) is 27.2 Å². The van der Waals surface area contributed by atoms with E-state index in [0.717, 1.165) is 62.7 Å². The third kappa shape index (κ3) is 4.30. The molecule has 5 heteroatoms. The number of carbonyl (C=O) groups is 2. The summed E-state index contributed by atoms with van der Waals surface area (Å²) in [5.74, 6) is -0.165. The number of rotatable bonds is 4. The Balaban J connectivity index is 1.74. The second-order valence-electron chi connectivity index (χ2n) is 9.79. The van der Waals surface area contributed by atoms with Crippen molar-refractivity contribution in [2.45, 2.75) is 77.3 Å². The molecule has 2 aliphatic heterocycles. The molecule has 2 fully saturated rings. The second kappa shape index (κ2) is 9.15. The molecule has 1 aliphatic carbocycles. The van der Waals surface area contributed by atoms with E-state index in [1.54, 1.807) is 4.90 Å². The molecule has 0 atom stereocenters. The van der Waals surface area contributed by atoms with Crippen molar-refractivity contribution in [3.8, 4) is 0 Å². The van der Waals surface area contributed by atoms with Gasteiger partial charge in [-0.2, -0.15) is 0 Å². The first-order valence-electron chi connectivity index (χ1n) is 12.0. The minimum atomic E-state index is -0.0880. The van der Waals surface area contributed by atoms with E-state index < -0.39 is 0 Å². The smallest absolute Gasteiger partial charge is 0.278 e. The lowest BCUT2D eigenvalue weighted by atomic mass is 9.97. The maximum absolute atomic E-state index is 13.8.